The van der Waals surface area contributed by atoms with Crippen molar-refractivity contribution < 1.29 is 56.8 Å². The number of methoxy groups -OCH3 is 3. The van der Waals surface area contributed by atoms with Crippen LogP contribution in [-0.4, -0.2) is 61.2 Å². The second-order valence-electron chi connectivity index (χ2n) is 20.2. The summed E-state index contributed by atoms with van der Waals surface area (Å²) in [5, 5.41) is 9.56. The normalized spacial score (nSPS) is 13.1. The standard InChI is InChI=1S/C34H32O6.C27H42O6Si2/c1-24(35)38-30-14-6-25(7-15-30)26-8-16-31(17-9-26)39-33(36)40-32-20-12-28(13-21-32)34(22-4-3-5-23-34)27-10-18-29(37-2)19-11-27;1-21(29)32-26-15-13-23(19-27(26)31-3)11-9-17-35(6,7)33-34(4,5)16-8-10-22-12-14-25(30-2)24(18-22)20-28/h6-21H,3-5,22-23H2,1-2H3;12-15,18-19,28H,8-11,16-17,20H2,1-7H3. The van der Waals surface area contributed by atoms with Crippen molar-refractivity contribution in [2.24, 2.45) is 0 Å². The van der Waals surface area contributed by atoms with E-state index in [1.807, 2.05) is 72.8 Å². The summed E-state index contributed by atoms with van der Waals surface area (Å²) in [4.78, 5) is 34.8. The molecule has 7 rings (SSSR count). The van der Waals surface area contributed by atoms with E-state index in [9.17, 15) is 19.5 Å². The molecular weight excluding hydrogens is 981 g/mol. The third-order valence-corrected chi connectivity index (χ3v) is 21.0. The van der Waals surface area contributed by atoms with Gasteiger partial charge in [-0.1, -0.05) is 79.9 Å². The van der Waals surface area contributed by atoms with Crippen LogP contribution >= 0.6 is 0 Å². The molecule has 1 fully saturated rings. The van der Waals surface area contributed by atoms with Gasteiger partial charge in [0.15, 0.2) is 28.1 Å². The highest BCUT2D eigenvalue weighted by atomic mass is 28.4. The van der Waals surface area contributed by atoms with E-state index in [2.05, 4.69) is 56.5 Å². The minimum Gasteiger partial charge on any atom is -0.497 e. The fourth-order valence-corrected chi connectivity index (χ4v) is 18.8. The first kappa shape index (κ1) is 57.6. The number of hydrogen-bond acceptors (Lipinski definition) is 12. The van der Waals surface area contributed by atoms with Crippen LogP contribution in [-0.2, 0) is 38.6 Å². The molecule has 0 heterocycles. The van der Waals surface area contributed by atoms with Crippen LogP contribution in [0.3, 0.4) is 0 Å². The van der Waals surface area contributed by atoms with Crippen molar-refractivity contribution in [3.8, 4) is 51.4 Å². The highest BCUT2D eigenvalue weighted by Crippen LogP contribution is 2.46. The number of carbonyl (C=O) groups excluding carboxylic acids is 3. The van der Waals surface area contributed by atoms with Gasteiger partial charge in [-0.05, 0) is 183 Å². The Morgan fingerprint density at radius 3 is 1.39 bits per heavy atom. The molecule has 6 aromatic carbocycles. The lowest BCUT2D eigenvalue weighted by atomic mass is 9.65. The van der Waals surface area contributed by atoms with Crippen molar-refractivity contribution in [1.82, 2.24) is 0 Å². The average Bonchev–Trinajstić information content (AvgIpc) is 3.39. The first-order valence-corrected chi connectivity index (χ1v) is 32.0. The third kappa shape index (κ3) is 17.2. The minimum absolute atomic E-state index is 0.0106. The lowest BCUT2D eigenvalue weighted by Gasteiger charge is -2.38. The van der Waals surface area contributed by atoms with Crippen molar-refractivity contribution >= 4 is 34.7 Å². The molecule has 398 valence electrons. The number of ether oxygens (including phenoxy) is 7. The molecule has 0 bridgehead atoms. The maximum absolute atomic E-state index is 12.5. The predicted molar refractivity (Wildman–Crippen MR) is 299 cm³/mol. The fraction of sp³-hybridized carbons (Fsp3) is 0.361. The number of aryl methyl sites for hydroxylation is 2. The zero-order chi connectivity index (χ0) is 54.0. The number of hydrogen-bond donors (Lipinski definition) is 1. The SMILES string of the molecule is COc1ccc(C2(c3ccc(OC(=O)Oc4ccc(-c5ccc(OC(C)=O)cc5)cc4)cc3)CCCCC2)cc1.COc1ccc(CCC[Si](C)(C)O[Si](C)(C)CCCc2ccc(OC(C)=O)c(OC)c2)cc1CO. The van der Waals surface area contributed by atoms with Gasteiger partial charge in [0.05, 0.1) is 27.9 Å². The summed E-state index contributed by atoms with van der Waals surface area (Å²) in [5.74, 6) is 3.20. The molecule has 14 heteroatoms. The number of carbonyl (C=O) groups is 3. The summed E-state index contributed by atoms with van der Waals surface area (Å²) >= 11 is 0. The largest absolute Gasteiger partial charge is 0.519 e. The minimum atomic E-state index is -1.79. The van der Waals surface area contributed by atoms with Gasteiger partial charge >= 0.3 is 18.1 Å². The van der Waals surface area contributed by atoms with Crippen LogP contribution in [0.1, 0.15) is 86.6 Å². The lowest BCUT2D eigenvalue weighted by Crippen LogP contribution is -2.44. The predicted octanol–water partition coefficient (Wildman–Crippen LogP) is 14.2. The van der Waals surface area contributed by atoms with Crippen molar-refractivity contribution in [3.63, 3.8) is 0 Å². The summed E-state index contributed by atoms with van der Waals surface area (Å²) in [5.41, 5.74) is 7.54. The summed E-state index contributed by atoms with van der Waals surface area (Å²) in [7, 11) is 1.32. The summed E-state index contributed by atoms with van der Waals surface area (Å²) in [6, 6.07) is 44.5. The number of aliphatic hydroxyl groups excluding tert-OH is 1. The Hall–Kier alpha value is -6.72. The van der Waals surface area contributed by atoms with E-state index in [1.54, 1.807) is 51.7 Å². The summed E-state index contributed by atoms with van der Waals surface area (Å²) in [6.45, 7) is 12.0. The van der Waals surface area contributed by atoms with E-state index in [0.717, 1.165) is 78.8 Å². The van der Waals surface area contributed by atoms with Gasteiger partial charge in [0, 0.05) is 24.8 Å². The number of rotatable bonds is 21. The van der Waals surface area contributed by atoms with E-state index in [0.29, 0.717) is 28.7 Å². The number of aliphatic hydroxyl groups is 1. The van der Waals surface area contributed by atoms with Gasteiger partial charge in [-0.3, -0.25) is 9.59 Å². The Kier molecular flexibility index (Phi) is 20.9. The number of benzene rings is 6. The van der Waals surface area contributed by atoms with Crippen molar-refractivity contribution in [1.29, 1.82) is 0 Å². The van der Waals surface area contributed by atoms with Gasteiger partial charge in [-0.25, -0.2) is 4.79 Å². The lowest BCUT2D eigenvalue weighted by molar-refractivity contribution is -0.132. The molecule has 1 aliphatic carbocycles. The van der Waals surface area contributed by atoms with Crippen LogP contribution in [0.5, 0.6) is 40.2 Å². The Balaban J connectivity index is 0.000000247. The van der Waals surface area contributed by atoms with E-state index in [-0.39, 0.29) is 24.0 Å². The van der Waals surface area contributed by atoms with Gasteiger partial charge in [-0.15, -0.1) is 0 Å². The molecule has 1 aliphatic rings. The fourth-order valence-electron chi connectivity index (χ4n) is 9.97. The maximum atomic E-state index is 12.5. The van der Waals surface area contributed by atoms with Crippen LogP contribution in [0.25, 0.3) is 11.1 Å². The van der Waals surface area contributed by atoms with Crippen molar-refractivity contribution in [2.45, 2.75) is 122 Å². The smallest absolute Gasteiger partial charge is 0.497 e. The zero-order valence-corrected chi connectivity index (χ0v) is 47.1. The molecule has 0 amide bonds. The van der Waals surface area contributed by atoms with E-state index >= 15 is 0 Å². The average molecular weight is 1060 g/mol. The first-order valence-electron chi connectivity index (χ1n) is 25.8. The molecule has 0 aliphatic heterocycles. The van der Waals surface area contributed by atoms with Crippen LogP contribution < -0.4 is 33.2 Å². The summed E-state index contributed by atoms with van der Waals surface area (Å²) in [6.07, 6.45) is 8.99. The molecule has 12 nitrogen and oxygen atoms in total. The van der Waals surface area contributed by atoms with E-state index < -0.39 is 22.8 Å². The molecule has 0 aromatic heterocycles. The Morgan fingerprint density at radius 1 is 0.493 bits per heavy atom. The molecule has 1 saturated carbocycles. The van der Waals surface area contributed by atoms with Crippen LogP contribution in [0.2, 0.25) is 38.3 Å². The monoisotopic (exact) mass is 1050 g/mol. The molecule has 1 N–H and O–H groups in total. The van der Waals surface area contributed by atoms with Gasteiger partial charge in [0.1, 0.15) is 28.7 Å². The molecule has 0 unspecified atom stereocenters. The quantitative estimate of drug-likeness (QED) is 0.0317. The molecule has 0 atom stereocenters. The summed E-state index contributed by atoms with van der Waals surface area (Å²) < 4.78 is 44.0. The molecule has 75 heavy (non-hydrogen) atoms. The molecule has 0 saturated heterocycles. The van der Waals surface area contributed by atoms with Gasteiger partial charge < -0.3 is 42.4 Å². The van der Waals surface area contributed by atoms with Crippen LogP contribution in [0.15, 0.2) is 133 Å². The Labute approximate surface area is 445 Å². The third-order valence-electron chi connectivity index (χ3n) is 13.5. The van der Waals surface area contributed by atoms with Gasteiger partial charge in [-0.2, -0.15) is 0 Å². The maximum Gasteiger partial charge on any atom is 0.519 e. The van der Waals surface area contributed by atoms with Gasteiger partial charge in [0.2, 0.25) is 0 Å². The Morgan fingerprint density at radius 2 is 0.933 bits per heavy atom. The molecule has 6 aromatic rings. The second-order valence-corrected chi connectivity index (χ2v) is 29.1. The van der Waals surface area contributed by atoms with E-state index in [4.69, 9.17) is 37.3 Å². The Bertz CT molecular complexity index is 2780. The van der Waals surface area contributed by atoms with Crippen LogP contribution in [0.4, 0.5) is 4.79 Å². The van der Waals surface area contributed by atoms with E-state index in [1.165, 1.54) is 55.4 Å². The zero-order valence-electron chi connectivity index (χ0n) is 45.1. The van der Waals surface area contributed by atoms with Crippen LogP contribution in [0, 0.1) is 0 Å². The highest BCUT2D eigenvalue weighted by Gasteiger charge is 2.36. The highest BCUT2D eigenvalue weighted by molar-refractivity contribution is 6.84. The second kappa shape index (κ2) is 27.2. The topological polar surface area (TPSA) is 145 Å². The van der Waals surface area contributed by atoms with Crippen molar-refractivity contribution in [3.05, 3.63) is 161 Å². The number of esters is 2. The van der Waals surface area contributed by atoms with Gasteiger partial charge in [0.25, 0.3) is 0 Å². The molecule has 0 radical (unpaired) electrons. The molecular formula is C61H74O12Si2. The first-order chi connectivity index (χ1) is 35.9. The molecule has 0 spiro atoms. The van der Waals surface area contributed by atoms with Crippen molar-refractivity contribution in [2.75, 3.05) is 21.3 Å².